The topological polar surface area (TPSA) is 106 Å². The fourth-order valence-corrected chi connectivity index (χ4v) is 1.53. The Balaban J connectivity index is 3.44. The maximum absolute atomic E-state index is 11.1. The van der Waals surface area contributed by atoms with E-state index in [1.54, 1.807) is 14.0 Å². The summed E-state index contributed by atoms with van der Waals surface area (Å²) >= 11 is 0. The number of hydrogen-bond donors (Lipinski definition) is 2. The van der Waals surface area contributed by atoms with E-state index < -0.39 is 11.4 Å². The fraction of sp³-hybridized carbons (Fsp3) is 0.923. The highest BCUT2D eigenvalue weighted by Gasteiger charge is 2.28. The Morgan fingerprint density at radius 3 is 2.10 bits per heavy atom. The van der Waals surface area contributed by atoms with Gasteiger partial charge >= 0.3 is 0 Å². The molecule has 2 unspecified atom stereocenters. The molecule has 0 radical (unpaired) electrons. The van der Waals surface area contributed by atoms with Crippen LogP contribution in [-0.4, -0.2) is 64.3 Å². The third-order valence-electron chi connectivity index (χ3n) is 2.71. The van der Waals surface area contributed by atoms with Crippen LogP contribution in [0.15, 0.2) is 0 Å². The van der Waals surface area contributed by atoms with Crippen LogP contribution in [0, 0.1) is 0 Å². The molecule has 2 atom stereocenters. The van der Waals surface area contributed by atoms with Crippen LogP contribution in [0.1, 0.15) is 20.3 Å². The van der Waals surface area contributed by atoms with Crippen molar-refractivity contribution in [2.45, 2.75) is 31.9 Å². The van der Waals surface area contributed by atoms with E-state index in [0.717, 1.165) is 0 Å². The van der Waals surface area contributed by atoms with Crippen molar-refractivity contribution in [1.82, 2.24) is 0 Å². The Kier molecular flexibility index (Phi) is 10.6. The maximum Gasteiger partial charge on any atom is 0.237 e. The van der Waals surface area contributed by atoms with Crippen LogP contribution < -0.4 is 11.5 Å². The fourth-order valence-electron chi connectivity index (χ4n) is 1.53. The van der Waals surface area contributed by atoms with Gasteiger partial charge in [-0.2, -0.15) is 0 Å². The predicted octanol–water partition coefficient (Wildman–Crippen LogP) is -0.336. The number of rotatable bonds is 13. The largest absolute Gasteiger partial charge is 0.382 e. The molecular weight excluding hydrogens is 264 g/mol. The van der Waals surface area contributed by atoms with Crippen molar-refractivity contribution in [2.75, 3.05) is 46.8 Å². The Morgan fingerprint density at radius 1 is 1.10 bits per heavy atom. The number of nitrogens with two attached hydrogens (primary N) is 2. The average Bonchev–Trinajstić information content (AvgIpc) is 2.36. The molecule has 0 rings (SSSR count). The Hall–Kier alpha value is -0.730. The van der Waals surface area contributed by atoms with Gasteiger partial charge in [0.25, 0.3) is 0 Å². The molecule has 0 aliphatic carbocycles. The molecule has 20 heavy (non-hydrogen) atoms. The van der Waals surface area contributed by atoms with Gasteiger partial charge in [-0.3, -0.25) is 4.79 Å². The van der Waals surface area contributed by atoms with Gasteiger partial charge in [-0.15, -0.1) is 0 Å². The quantitative estimate of drug-likeness (QED) is 0.450. The van der Waals surface area contributed by atoms with Crippen LogP contribution >= 0.6 is 0 Å². The number of primary amides is 1. The first-order valence-corrected chi connectivity index (χ1v) is 6.75. The SMILES string of the molecule is COCCOCCOCCOC(C)CC(C)(N)C(N)=O. The van der Waals surface area contributed by atoms with Crippen LogP contribution in [0.4, 0.5) is 0 Å². The highest BCUT2D eigenvalue weighted by Crippen LogP contribution is 2.10. The van der Waals surface area contributed by atoms with Gasteiger partial charge in [0.15, 0.2) is 0 Å². The van der Waals surface area contributed by atoms with E-state index in [0.29, 0.717) is 46.1 Å². The first kappa shape index (κ1) is 19.3. The van der Waals surface area contributed by atoms with Gasteiger partial charge in [0.2, 0.25) is 5.91 Å². The molecule has 0 heterocycles. The molecule has 0 spiro atoms. The molecule has 0 saturated heterocycles. The summed E-state index contributed by atoms with van der Waals surface area (Å²) in [6.07, 6.45) is 0.224. The molecule has 7 heteroatoms. The van der Waals surface area contributed by atoms with E-state index in [2.05, 4.69) is 0 Å². The van der Waals surface area contributed by atoms with Crippen LogP contribution in [0.5, 0.6) is 0 Å². The van der Waals surface area contributed by atoms with E-state index in [4.69, 9.17) is 30.4 Å². The summed E-state index contributed by atoms with van der Waals surface area (Å²) in [7, 11) is 1.63. The van der Waals surface area contributed by atoms with Crippen LogP contribution in [0.2, 0.25) is 0 Å². The van der Waals surface area contributed by atoms with Gasteiger partial charge < -0.3 is 30.4 Å². The summed E-state index contributed by atoms with van der Waals surface area (Å²) in [6, 6.07) is 0. The van der Waals surface area contributed by atoms with Crippen LogP contribution in [0.3, 0.4) is 0 Å². The standard InChI is InChI=1S/C13H28N2O5/c1-11(10-13(2,15)12(14)16)20-9-8-19-7-6-18-5-4-17-3/h11H,4-10,15H2,1-3H3,(H2,14,16). The average molecular weight is 292 g/mol. The summed E-state index contributed by atoms with van der Waals surface area (Å²) in [4.78, 5) is 11.1. The Morgan fingerprint density at radius 2 is 1.60 bits per heavy atom. The second-order valence-electron chi connectivity index (χ2n) is 4.88. The molecule has 0 aromatic rings. The lowest BCUT2D eigenvalue weighted by atomic mass is 9.95. The van der Waals surface area contributed by atoms with Crippen molar-refractivity contribution in [3.8, 4) is 0 Å². The molecule has 4 N–H and O–H groups in total. The van der Waals surface area contributed by atoms with E-state index >= 15 is 0 Å². The predicted molar refractivity (Wildman–Crippen MR) is 75.3 cm³/mol. The minimum Gasteiger partial charge on any atom is -0.382 e. The summed E-state index contributed by atoms with van der Waals surface area (Å²) in [6.45, 7) is 6.54. The van der Waals surface area contributed by atoms with Gasteiger partial charge in [-0.25, -0.2) is 0 Å². The molecule has 0 aliphatic rings. The minimum atomic E-state index is -1.05. The highest BCUT2D eigenvalue weighted by atomic mass is 16.6. The molecule has 0 aromatic carbocycles. The van der Waals surface area contributed by atoms with E-state index in [-0.39, 0.29) is 6.10 Å². The second kappa shape index (κ2) is 11.0. The number of ether oxygens (including phenoxy) is 4. The Bertz CT molecular complexity index is 261. The molecular formula is C13H28N2O5. The van der Waals surface area contributed by atoms with Gasteiger partial charge in [-0.1, -0.05) is 0 Å². The number of amides is 1. The normalized spacial score (nSPS) is 15.8. The van der Waals surface area contributed by atoms with Crippen molar-refractivity contribution in [2.24, 2.45) is 11.5 Å². The summed E-state index contributed by atoms with van der Waals surface area (Å²) in [5, 5.41) is 0. The van der Waals surface area contributed by atoms with Crippen LogP contribution in [-0.2, 0) is 23.7 Å². The van der Waals surface area contributed by atoms with Gasteiger partial charge in [0.05, 0.1) is 51.3 Å². The summed E-state index contributed by atoms with van der Waals surface area (Å²) in [5.41, 5.74) is 9.91. The van der Waals surface area contributed by atoms with E-state index in [9.17, 15) is 4.79 Å². The van der Waals surface area contributed by atoms with Crippen LogP contribution in [0.25, 0.3) is 0 Å². The smallest absolute Gasteiger partial charge is 0.237 e. The first-order chi connectivity index (χ1) is 9.40. The molecule has 1 amide bonds. The second-order valence-corrected chi connectivity index (χ2v) is 4.88. The minimum absolute atomic E-state index is 0.154. The van der Waals surface area contributed by atoms with Crippen molar-refractivity contribution in [3.05, 3.63) is 0 Å². The van der Waals surface area contributed by atoms with Crippen molar-refractivity contribution >= 4 is 5.91 Å². The summed E-state index contributed by atoms with van der Waals surface area (Å²) in [5.74, 6) is -0.530. The zero-order valence-electron chi connectivity index (χ0n) is 12.7. The van der Waals surface area contributed by atoms with Crippen molar-refractivity contribution < 1.29 is 23.7 Å². The maximum atomic E-state index is 11.1. The lowest BCUT2D eigenvalue weighted by Crippen LogP contribution is -2.51. The monoisotopic (exact) mass is 292 g/mol. The third kappa shape index (κ3) is 10.1. The van der Waals surface area contributed by atoms with E-state index in [1.807, 2.05) is 6.92 Å². The van der Waals surface area contributed by atoms with E-state index in [1.165, 1.54) is 0 Å². The molecule has 0 aliphatic heterocycles. The lowest BCUT2D eigenvalue weighted by molar-refractivity contribution is -0.124. The Labute approximate surface area is 120 Å². The van der Waals surface area contributed by atoms with Gasteiger partial charge in [0.1, 0.15) is 0 Å². The number of carbonyl (C=O) groups is 1. The molecule has 0 fully saturated rings. The summed E-state index contributed by atoms with van der Waals surface area (Å²) < 4.78 is 20.9. The molecule has 7 nitrogen and oxygen atoms in total. The third-order valence-corrected chi connectivity index (χ3v) is 2.71. The lowest BCUT2D eigenvalue weighted by Gasteiger charge is -2.24. The molecule has 0 aromatic heterocycles. The van der Waals surface area contributed by atoms with Gasteiger partial charge in [-0.05, 0) is 20.3 Å². The number of methoxy groups -OCH3 is 1. The molecule has 120 valence electrons. The highest BCUT2D eigenvalue weighted by molar-refractivity contribution is 5.83. The first-order valence-electron chi connectivity index (χ1n) is 6.75. The number of carbonyl (C=O) groups excluding carboxylic acids is 1. The molecule has 0 saturated carbocycles. The molecule has 0 bridgehead atoms. The zero-order valence-corrected chi connectivity index (χ0v) is 12.7. The number of hydrogen-bond acceptors (Lipinski definition) is 6. The van der Waals surface area contributed by atoms with Gasteiger partial charge in [0, 0.05) is 7.11 Å². The van der Waals surface area contributed by atoms with Crippen molar-refractivity contribution in [1.29, 1.82) is 0 Å². The van der Waals surface area contributed by atoms with Crippen molar-refractivity contribution in [3.63, 3.8) is 0 Å². The zero-order chi connectivity index (χ0) is 15.4.